The molecule has 0 spiro atoms. The smallest absolute Gasteiger partial charge is 0.139 e. The van der Waals surface area contributed by atoms with Gasteiger partial charge in [-0.1, -0.05) is 90.4 Å². The van der Waals surface area contributed by atoms with Gasteiger partial charge in [-0.15, -0.1) is 0 Å². The lowest BCUT2D eigenvalue weighted by molar-refractivity contribution is 0.248. The van der Waals surface area contributed by atoms with E-state index >= 15 is 0 Å². The highest BCUT2D eigenvalue weighted by molar-refractivity contribution is 6.32. The molecule has 2 heteroatoms. The van der Waals surface area contributed by atoms with E-state index in [1.165, 1.54) is 22.2 Å². The van der Waals surface area contributed by atoms with Crippen molar-refractivity contribution in [2.24, 2.45) is 0 Å². The third-order valence-electron chi connectivity index (χ3n) is 4.02. The lowest BCUT2D eigenvalue weighted by Gasteiger charge is -2.23. The molecule has 3 rings (SSSR count). The molecule has 0 bridgehead atoms. The minimum atomic E-state index is 0.962. The summed E-state index contributed by atoms with van der Waals surface area (Å²) in [4.78, 5) is 2.50. The van der Waals surface area contributed by atoms with E-state index in [4.69, 9.17) is 0 Å². The van der Waals surface area contributed by atoms with E-state index in [-0.39, 0.29) is 0 Å². The van der Waals surface area contributed by atoms with Crippen LogP contribution in [0.3, 0.4) is 0 Å². The number of rotatable bonds is 6. The number of benzene rings is 3. The first-order chi connectivity index (χ1) is 11.3. The van der Waals surface area contributed by atoms with Gasteiger partial charge in [0.15, 0.2) is 0 Å². The maximum absolute atomic E-state index is 2.50. The molecular formula is C21H22BN. The van der Waals surface area contributed by atoms with Crippen molar-refractivity contribution in [3.8, 4) is 0 Å². The Morgan fingerprint density at radius 3 is 1.35 bits per heavy atom. The van der Waals surface area contributed by atoms with E-state index in [0.29, 0.717) is 0 Å². The molecule has 0 aromatic heterocycles. The SMILES string of the molecule is Bc1ccc(CN(Cc2ccccc2)Cc2ccccc2)cc1. The van der Waals surface area contributed by atoms with Crippen molar-refractivity contribution in [2.75, 3.05) is 0 Å². The van der Waals surface area contributed by atoms with Gasteiger partial charge in [-0.05, 0) is 16.7 Å². The molecule has 0 N–H and O–H groups in total. The van der Waals surface area contributed by atoms with Crippen LogP contribution in [0.2, 0.25) is 0 Å². The summed E-state index contributed by atoms with van der Waals surface area (Å²) in [7, 11) is 2.13. The maximum atomic E-state index is 2.50. The predicted octanol–water partition coefficient (Wildman–Crippen LogP) is 3.15. The van der Waals surface area contributed by atoms with Gasteiger partial charge in [-0.3, -0.25) is 4.90 Å². The Balaban J connectivity index is 1.76. The quantitative estimate of drug-likeness (QED) is 0.632. The van der Waals surface area contributed by atoms with Crippen LogP contribution in [0.4, 0.5) is 0 Å². The molecule has 0 aliphatic rings. The van der Waals surface area contributed by atoms with Crippen LogP contribution >= 0.6 is 0 Å². The van der Waals surface area contributed by atoms with Crippen molar-refractivity contribution in [3.63, 3.8) is 0 Å². The van der Waals surface area contributed by atoms with Gasteiger partial charge in [0.1, 0.15) is 7.85 Å². The van der Waals surface area contributed by atoms with Crippen molar-refractivity contribution < 1.29 is 0 Å². The lowest BCUT2D eigenvalue weighted by atomic mass is 9.95. The Hall–Kier alpha value is -2.32. The van der Waals surface area contributed by atoms with Crippen LogP contribution in [0.1, 0.15) is 16.7 Å². The van der Waals surface area contributed by atoms with Gasteiger partial charge in [-0.25, -0.2) is 0 Å². The average molecular weight is 299 g/mol. The molecule has 0 amide bonds. The topological polar surface area (TPSA) is 3.24 Å². The maximum Gasteiger partial charge on any atom is 0.139 e. The van der Waals surface area contributed by atoms with E-state index in [0.717, 1.165) is 19.6 Å². The van der Waals surface area contributed by atoms with Gasteiger partial charge in [0.05, 0.1) is 0 Å². The zero-order valence-corrected chi connectivity index (χ0v) is 13.7. The second-order valence-electron chi connectivity index (χ2n) is 6.10. The monoisotopic (exact) mass is 299 g/mol. The van der Waals surface area contributed by atoms with Gasteiger partial charge in [0, 0.05) is 19.6 Å². The third-order valence-corrected chi connectivity index (χ3v) is 4.02. The molecule has 0 aliphatic carbocycles. The van der Waals surface area contributed by atoms with Crippen LogP contribution < -0.4 is 5.46 Å². The molecule has 3 aromatic rings. The van der Waals surface area contributed by atoms with Gasteiger partial charge < -0.3 is 0 Å². The largest absolute Gasteiger partial charge is 0.291 e. The first-order valence-electron chi connectivity index (χ1n) is 8.15. The lowest BCUT2D eigenvalue weighted by Crippen LogP contribution is -2.22. The molecule has 0 saturated carbocycles. The summed E-state index contributed by atoms with van der Waals surface area (Å²) >= 11 is 0. The number of hydrogen-bond donors (Lipinski definition) is 0. The standard InChI is InChI=1S/C21H22BN/c22-21-13-11-20(12-14-21)17-23(15-18-7-3-1-4-8-18)16-19-9-5-2-6-10-19/h1-14H,15-17,22H2. The first kappa shape index (κ1) is 15.6. The van der Waals surface area contributed by atoms with Crippen molar-refractivity contribution in [1.82, 2.24) is 4.90 Å². The van der Waals surface area contributed by atoms with Gasteiger partial charge in [0.25, 0.3) is 0 Å². The van der Waals surface area contributed by atoms with Gasteiger partial charge in [0.2, 0.25) is 0 Å². The van der Waals surface area contributed by atoms with Crippen LogP contribution in [0, 0.1) is 0 Å². The fraction of sp³-hybridized carbons (Fsp3) is 0.143. The molecule has 0 unspecified atom stereocenters. The zero-order chi connectivity index (χ0) is 15.9. The van der Waals surface area contributed by atoms with Crippen LogP contribution in [-0.2, 0) is 19.6 Å². The molecule has 0 aliphatic heterocycles. The van der Waals surface area contributed by atoms with Crippen molar-refractivity contribution in [3.05, 3.63) is 102 Å². The molecule has 23 heavy (non-hydrogen) atoms. The van der Waals surface area contributed by atoms with Crippen molar-refractivity contribution in [1.29, 1.82) is 0 Å². The Morgan fingerprint density at radius 2 is 0.913 bits per heavy atom. The highest BCUT2D eigenvalue weighted by atomic mass is 15.1. The summed E-state index contributed by atoms with van der Waals surface area (Å²) in [5.41, 5.74) is 5.39. The summed E-state index contributed by atoms with van der Waals surface area (Å²) in [6, 6.07) is 30.3. The second kappa shape index (κ2) is 7.80. The van der Waals surface area contributed by atoms with E-state index < -0.39 is 0 Å². The molecule has 1 nitrogen and oxygen atoms in total. The van der Waals surface area contributed by atoms with Crippen molar-refractivity contribution in [2.45, 2.75) is 19.6 Å². The predicted molar refractivity (Wildman–Crippen MR) is 100 cm³/mol. The molecule has 0 fully saturated rings. The molecular weight excluding hydrogens is 277 g/mol. The highest BCUT2D eigenvalue weighted by Crippen LogP contribution is 2.13. The Morgan fingerprint density at radius 1 is 0.522 bits per heavy atom. The Labute approximate surface area is 140 Å². The summed E-state index contributed by atoms with van der Waals surface area (Å²) in [5.74, 6) is 0. The fourth-order valence-electron chi connectivity index (χ4n) is 2.80. The van der Waals surface area contributed by atoms with Crippen LogP contribution in [0.25, 0.3) is 0 Å². The second-order valence-corrected chi connectivity index (χ2v) is 6.10. The van der Waals surface area contributed by atoms with Crippen LogP contribution in [0.15, 0.2) is 84.9 Å². The minimum Gasteiger partial charge on any atom is -0.291 e. The summed E-state index contributed by atoms with van der Waals surface area (Å²) in [6.45, 7) is 2.89. The van der Waals surface area contributed by atoms with Crippen LogP contribution in [-0.4, -0.2) is 12.7 Å². The average Bonchev–Trinajstić information content (AvgIpc) is 2.59. The van der Waals surface area contributed by atoms with E-state index in [2.05, 4.69) is 97.7 Å². The minimum absolute atomic E-state index is 0.962. The Bertz CT molecular complexity index is 666. The molecule has 3 aromatic carbocycles. The van der Waals surface area contributed by atoms with E-state index in [9.17, 15) is 0 Å². The van der Waals surface area contributed by atoms with E-state index in [1.807, 2.05) is 0 Å². The highest BCUT2D eigenvalue weighted by Gasteiger charge is 2.08. The number of hydrogen-bond acceptors (Lipinski definition) is 1. The molecule has 0 heterocycles. The zero-order valence-electron chi connectivity index (χ0n) is 13.7. The van der Waals surface area contributed by atoms with E-state index in [1.54, 1.807) is 0 Å². The van der Waals surface area contributed by atoms with Crippen molar-refractivity contribution >= 4 is 13.3 Å². The molecule has 114 valence electrons. The summed E-state index contributed by atoms with van der Waals surface area (Å²) < 4.78 is 0. The Kier molecular flexibility index (Phi) is 5.28. The first-order valence-corrected chi connectivity index (χ1v) is 8.15. The molecule has 0 saturated heterocycles. The number of nitrogens with zero attached hydrogens (tertiary/aromatic N) is 1. The fourth-order valence-corrected chi connectivity index (χ4v) is 2.80. The summed E-state index contributed by atoms with van der Waals surface area (Å²) in [6.07, 6.45) is 0. The normalized spacial score (nSPS) is 10.8. The van der Waals surface area contributed by atoms with Gasteiger partial charge in [-0.2, -0.15) is 0 Å². The summed E-state index contributed by atoms with van der Waals surface area (Å²) in [5, 5.41) is 0. The third kappa shape index (κ3) is 4.83. The van der Waals surface area contributed by atoms with Crippen LogP contribution in [0.5, 0.6) is 0 Å². The van der Waals surface area contributed by atoms with Gasteiger partial charge >= 0.3 is 0 Å². The molecule has 0 atom stereocenters. The molecule has 0 radical (unpaired) electrons.